The summed E-state index contributed by atoms with van der Waals surface area (Å²) in [6.45, 7) is 0.288. The molecule has 122 valence electrons. The van der Waals surface area contributed by atoms with Crippen LogP contribution in [0.2, 0.25) is 0 Å². The summed E-state index contributed by atoms with van der Waals surface area (Å²) in [7, 11) is 0. The van der Waals surface area contributed by atoms with Gasteiger partial charge in [0.15, 0.2) is 0 Å². The summed E-state index contributed by atoms with van der Waals surface area (Å²) in [6, 6.07) is 8.17. The fourth-order valence-corrected chi connectivity index (χ4v) is 2.79. The number of benzene rings is 2. The standard InChI is InChI=1S/C16H14N4O4/c17-19-18-13-5-4-12-14-10(13)2-1-3-11(14)15(22)20(16(12)23)6-8-24-9-7-21/h1-5,21H,6-9H2. The Balaban J connectivity index is 2.05. The lowest BCUT2D eigenvalue weighted by atomic mass is 9.93. The van der Waals surface area contributed by atoms with Gasteiger partial charge in [-0.25, -0.2) is 0 Å². The van der Waals surface area contributed by atoms with E-state index < -0.39 is 11.8 Å². The molecule has 0 atom stereocenters. The van der Waals surface area contributed by atoms with Crippen molar-refractivity contribution in [3.8, 4) is 0 Å². The number of aliphatic hydroxyl groups excluding tert-OH is 1. The minimum absolute atomic E-state index is 0.103. The summed E-state index contributed by atoms with van der Waals surface area (Å²) >= 11 is 0. The van der Waals surface area contributed by atoms with Crippen molar-refractivity contribution >= 4 is 28.3 Å². The first-order valence-corrected chi connectivity index (χ1v) is 7.34. The number of imide groups is 1. The largest absolute Gasteiger partial charge is 0.394 e. The first-order valence-electron chi connectivity index (χ1n) is 7.34. The molecule has 2 amide bonds. The molecule has 0 fully saturated rings. The number of carbonyl (C=O) groups excluding carboxylic acids is 2. The summed E-state index contributed by atoms with van der Waals surface area (Å²) in [4.78, 5) is 29.2. The minimum atomic E-state index is -0.413. The van der Waals surface area contributed by atoms with Gasteiger partial charge in [-0.05, 0) is 23.1 Å². The Morgan fingerprint density at radius 1 is 1.12 bits per heavy atom. The number of hydrogen-bond donors (Lipinski definition) is 1. The molecule has 0 aliphatic carbocycles. The van der Waals surface area contributed by atoms with Crippen molar-refractivity contribution in [3.05, 3.63) is 51.9 Å². The van der Waals surface area contributed by atoms with Crippen LogP contribution in [0.4, 0.5) is 5.69 Å². The maximum atomic E-state index is 12.6. The van der Waals surface area contributed by atoms with E-state index in [9.17, 15) is 9.59 Å². The summed E-state index contributed by atoms with van der Waals surface area (Å²) in [5.41, 5.74) is 9.81. The van der Waals surface area contributed by atoms with Crippen LogP contribution in [0, 0.1) is 0 Å². The number of carbonyl (C=O) groups is 2. The fraction of sp³-hybridized carbons (Fsp3) is 0.250. The van der Waals surface area contributed by atoms with E-state index in [0.717, 1.165) is 4.90 Å². The molecule has 0 bridgehead atoms. The van der Waals surface area contributed by atoms with Gasteiger partial charge in [0, 0.05) is 27.1 Å². The van der Waals surface area contributed by atoms with E-state index in [1.54, 1.807) is 30.3 Å². The highest BCUT2D eigenvalue weighted by molar-refractivity contribution is 6.26. The number of amides is 2. The molecule has 0 unspecified atom stereocenters. The molecule has 2 aromatic rings. The lowest BCUT2D eigenvalue weighted by molar-refractivity contribution is 0.0478. The molecule has 8 heteroatoms. The summed E-state index contributed by atoms with van der Waals surface area (Å²) < 4.78 is 5.14. The van der Waals surface area contributed by atoms with Crippen LogP contribution in [0.25, 0.3) is 21.2 Å². The molecule has 0 spiro atoms. The first-order chi connectivity index (χ1) is 11.7. The van der Waals surface area contributed by atoms with Gasteiger partial charge < -0.3 is 9.84 Å². The maximum absolute atomic E-state index is 12.6. The van der Waals surface area contributed by atoms with Crippen LogP contribution in [0.1, 0.15) is 20.7 Å². The molecule has 1 N–H and O–H groups in total. The van der Waals surface area contributed by atoms with Crippen LogP contribution < -0.4 is 0 Å². The smallest absolute Gasteiger partial charge is 0.261 e. The van der Waals surface area contributed by atoms with Gasteiger partial charge in [-0.3, -0.25) is 14.5 Å². The van der Waals surface area contributed by atoms with Gasteiger partial charge in [0.05, 0.1) is 26.4 Å². The normalized spacial score (nSPS) is 13.3. The minimum Gasteiger partial charge on any atom is -0.394 e. The second-order valence-corrected chi connectivity index (χ2v) is 5.15. The number of hydrogen-bond acceptors (Lipinski definition) is 5. The molecule has 8 nitrogen and oxygen atoms in total. The lowest BCUT2D eigenvalue weighted by Crippen LogP contribution is -2.42. The summed E-state index contributed by atoms with van der Waals surface area (Å²) in [5.74, 6) is -0.826. The number of nitrogens with zero attached hydrogens (tertiary/aromatic N) is 4. The van der Waals surface area contributed by atoms with Crippen LogP contribution in [0.3, 0.4) is 0 Å². The molecule has 2 aromatic carbocycles. The number of aliphatic hydroxyl groups is 1. The number of ether oxygens (including phenoxy) is 1. The zero-order chi connectivity index (χ0) is 17.1. The van der Waals surface area contributed by atoms with Crippen LogP contribution >= 0.6 is 0 Å². The molecule has 0 saturated heterocycles. The SMILES string of the molecule is [N-]=[N+]=Nc1ccc2c3c(cccc13)C(=O)N(CCOCCO)C2=O. The number of rotatable bonds is 6. The zero-order valence-electron chi connectivity index (χ0n) is 12.7. The van der Waals surface area contributed by atoms with Crippen LogP contribution in [-0.4, -0.2) is 48.2 Å². The first kappa shape index (κ1) is 15.9. The molecular formula is C16H14N4O4. The predicted octanol–water partition coefficient (Wildman–Crippen LogP) is 2.39. The Morgan fingerprint density at radius 2 is 1.88 bits per heavy atom. The highest BCUT2D eigenvalue weighted by Gasteiger charge is 2.32. The van der Waals surface area contributed by atoms with E-state index in [1.165, 1.54) is 0 Å². The third kappa shape index (κ3) is 2.59. The van der Waals surface area contributed by atoms with E-state index in [-0.39, 0.29) is 26.4 Å². The second-order valence-electron chi connectivity index (χ2n) is 5.15. The Morgan fingerprint density at radius 3 is 2.58 bits per heavy atom. The molecule has 3 rings (SSSR count). The Bertz CT molecular complexity index is 852. The van der Waals surface area contributed by atoms with Crippen molar-refractivity contribution in [2.24, 2.45) is 5.11 Å². The van der Waals surface area contributed by atoms with Crippen molar-refractivity contribution in [3.63, 3.8) is 0 Å². The topological polar surface area (TPSA) is 116 Å². The van der Waals surface area contributed by atoms with Crippen molar-refractivity contribution in [1.82, 2.24) is 4.90 Å². The van der Waals surface area contributed by atoms with Gasteiger partial charge in [0.25, 0.3) is 11.8 Å². The Kier molecular flexibility index (Phi) is 4.43. The predicted molar refractivity (Wildman–Crippen MR) is 86.0 cm³/mol. The fourth-order valence-electron chi connectivity index (χ4n) is 2.79. The zero-order valence-corrected chi connectivity index (χ0v) is 12.7. The average Bonchev–Trinajstić information content (AvgIpc) is 2.60. The van der Waals surface area contributed by atoms with Gasteiger partial charge in [-0.15, -0.1) is 0 Å². The van der Waals surface area contributed by atoms with Crippen LogP contribution in [-0.2, 0) is 4.74 Å². The van der Waals surface area contributed by atoms with E-state index in [4.69, 9.17) is 15.4 Å². The Hall–Kier alpha value is -2.93. The third-order valence-electron chi connectivity index (χ3n) is 3.82. The molecule has 0 radical (unpaired) electrons. The molecule has 0 aromatic heterocycles. The van der Waals surface area contributed by atoms with E-state index in [0.29, 0.717) is 27.6 Å². The second kappa shape index (κ2) is 6.67. The van der Waals surface area contributed by atoms with E-state index in [2.05, 4.69) is 10.0 Å². The average molecular weight is 326 g/mol. The summed E-state index contributed by atoms with van der Waals surface area (Å²) in [5, 5.41) is 13.4. The van der Waals surface area contributed by atoms with E-state index in [1.807, 2.05) is 0 Å². The molecular weight excluding hydrogens is 312 g/mol. The Labute approximate surface area is 136 Å². The highest BCUT2D eigenvalue weighted by atomic mass is 16.5. The van der Waals surface area contributed by atoms with Gasteiger partial charge in [0.2, 0.25) is 0 Å². The molecule has 1 heterocycles. The van der Waals surface area contributed by atoms with Gasteiger partial charge in [0.1, 0.15) is 0 Å². The monoisotopic (exact) mass is 326 g/mol. The van der Waals surface area contributed by atoms with Crippen LogP contribution in [0.5, 0.6) is 0 Å². The van der Waals surface area contributed by atoms with E-state index >= 15 is 0 Å². The molecule has 1 aliphatic heterocycles. The van der Waals surface area contributed by atoms with Crippen molar-refractivity contribution in [1.29, 1.82) is 0 Å². The van der Waals surface area contributed by atoms with Gasteiger partial charge in [-0.2, -0.15) is 0 Å². The van der Waals surface area contributed by atoms with Crippen molar-refractivity contribution in [2.45, 2.75) is 0 Å². The molecule has 1 aliphatic rings. The lowest BCUT2D eigenvalue weighted by Gasteiger charge is -2.27. The highest BCUT2D eigenvalue weighted by Crippen LogP contribution is 2.35. The maximum Gasteiger partial charge on any atom is 0.261 e. The van der Waals surface area contributed by atoms with Gasteiger partial charge >= 0.3 is 0 Å². The number of azide groups is 1. The van der Waals surface area contributed by atoms with Crippen LogP contribution in [0.15, 0.2) is 35.4 Å². The summed E-state index contributed by atoms with van der Waals surface area (Å²) in [6.07, 6.45) is 0. The van der Waals surface area contributed by atoms with Crippen molar-refractivity contribution < 1.29 is 19.4 Å². The third-order valence-corrected chi connectivity index (χ3v) is 3.82. The quantitative estimate of drug-likeness (QED) is 0.288. The molecule has 0 saturated carbocycles. The van der Waals surface area contributed by atoms with Crippen molar-refractivity contribution in [2.75, 3.05) is 26.4 Å². The molecule has 24 heavy (non-hydrogen) atoms. The van der Waals surface area contributed by atoms with Gasteiger partial charge in [-0.1, -0.05) is 23.3 Å².